The third kappa shape index (κ3) is 4.25. The van der Waals surface area contributed by atoms with Crippen molar-refractivity contribution >= 4 is 57.8 Å². The van der Waals surface area contributed by atoms with Crippen molar-refractivity contribution in [1.82, 2.24) is 9.97 Å². The van der Waals surface area contributed by atoms with Gasteiger partial charge in [-0.3, -0.25) is 0 Å². The van der Waals surface area contributed by atoms with Gasteiger partial charge in [0.1, 0.15) is 11.0 Å². The lowest BCUT2D eigenvalue weighted by Crippen LogP contribution is -1.90. The number of hydrogen-bond acceptors (Lipinski definition) is 6. The van der Waals surface area contributed by atoms with Crippen molar-refractivity contribution in [3.05, 3.63) is 108 Å². The zero-order valence-electron chi connectivity index (χ0n) is 18.1. The molecule has 0 saturated carbocycles. The number of nitrogens with one attached hydrogen (secondary N) is 2. The van der Waals surface area contributed by atoms with Crippen molar-refractivity contribution in [2.24, 2.45) is 0 Å². The minimum Gasteiger partial charge on any atom is -0.423 e. The third-order valence-corrected chi connectivity index (χ3v) is 5.38. The Morgan fingerprint density at radius 2 is 0.912 bits per heavy atom. The number of anilines is 4. The predicted molar refractivity (Wildman–Crippen MR) is 136 cm³/mol. The third-order valence-electron chi connectivity index (χ3n) is 5.38. The summed E-state index contributed by atoms with van der Waals surface area (Å²) in [4.78, 5) is 8.89. The Labute approximate surface area is 195 Å². The maximum atomic E-state index is 5.72. The van der Waals surface area contributed by atoms with Crippen LogP contribution in [0.2, 0.25) is 0 Å². The van der Waals surface area contributed by atoms with Gasteiger partial charge in [0.25, 0.3) is 12.0 Å². The number of nitrogens with zero attached hydrogens (tertiary/aromatic N) is 2. The predicted octanol–water partition coefficient (Wildman–Crippen LogP) is 7.63. The van der Waals surface area contributed by atoms with Gasteiger partial charge in [-0.2, -0.15) is 9.97 Å². The zero-order valence-corrected chi connectivity index (χ0v) is 18.1. The van der Waals surface area contributed by atoms with Crippen LogP contribution in [-0.2, 0) is 0 Å². The minimum absolute atomic E-state index is 0.482. The van der Waals surface area contributed by atoms with E-state index in [1.165, 1.54) is 0 Å². The van der Waals surface area contributed by atoms with Crippen molar-refractivity contribution < 1.29 is 8.83 Å². The van der Waals surface area contributed by atoms with Gasteiger partial charge < -0.3 is 19.5 Å². The molecule has 164 valence electrons. The highest BCUT2D eigenvalue weighted by molar-refractivity contribution is 5.77. The highest BCUT2D eigenvalue weighted by atomic mass is 16.4. The molecule has 0 amide bonds. The Hall–Kier alpha value is -4.84. The molecule has 2 N–H and O–H groups in total. The van der Waals surface area contributed by atoms with E-state index < -0.39 is 0 Å². The van der Waals surface area contributed by atoms with Crippen LogP contribution in [0, 0.1) is 0 Å². The molecule has 4 aromatic carbocycles. The summed E-state index contributed by atoms with van der Waals surface area (Å²) in [5, 5.41) is 6.41. The van der Waals surface area contributed by atoms with Gasteiger partial charge in [0, 0.05) is 11.4 Å². The minimum atomic E-state index is 0.482. The van der Waals surface area contributed by atoms with Gasteiger partial charge >= 0.3 is 0 Å². The van der Waals surface area contributed by atoms with Gasteiger partial charge in [-0.1, -0.05) is 60.7 Å². The lowest BCUT2D eigenvalue weighted by molar-refractivity contribution is 0.622. The maximum Gasteiger partial charge on any atom is 0.300 e. The average molecular weight is 444 g/mol. The van der Waals surface area contributed by atoms with Crippen molar-refractivity contribution in [3.8, 4) is 0 Å². The summed E-state index contributed by atoms with van der Waals surface area (Å²) in [5.74, 6) is 0. The summed E-state index contributed by atoms with van der Waals surface area (Å²) in [6.45, 7) is 0. The second kappa shape index (κ2) is 8.60. The molecule has 0 atom stereocenters. The summed E-state index contributed by atoms with van der Waals surface area (Å²) in [7, 11) is 0. The van der Waals surface area contributed by atoms with Crippen LogP contribution in [0.1, 0.15) is 11.1 Å². The summed E-state index contributed by atoms with van der Waals surface area (Å²) >= 11 is 0. The highest BCUT2D eigenvalue weighted by Gasteiger charge is 2.06. The molecule has 6 heteroatoms. The van der Waals surface area contributed by atoms with E-state index in [9.17, 15) is 0 Å². The molecule has 6 nitrogen and oxygen atoms in total. The standard InChI is InChI=1S/C28H20N4O2/c1-3-7-25-23(5-1)31-27(33-25)29-21-15-11-19(12-16-21)9-10-20-13-17-22(18-14-20)30-28-32-24-6-2-4-8-26(24)34-28/h1-18H,(H,29,31)(H,30,32). The SMILES string of the molecule is C(=Cc1ccc(Nc2nc3ccccc3o2)cc1)c1ccc(Nc2nc3ccccc3o2)cc1. The van der Waals surface area contributed by atoms with Crippen molar-refractivity contribution in [1.29, 1.82) is 0 Å². The molecule has 0 fully saturated rings. The lowest BCUT2D eigenvalue weighted by atomic mass is 10.1. The second-order valence-corrected chi connectivity index (χ2v) is 7.80. The highest BCUT2D eigenvalue weighted by Crippen LogP contribution is 2.24. The van der Waals surface area contributed by atoms with E-state index in [4.69, 9.17) is 8.83 Å². The van der Waals surface area contributed by atoms with Gasteiger partial charge in [0.05, 0.1) is 0 Å². The van der Waals surface area contributed by atoms with Crippen LogP contribution in [0.15, 0.2) is 106 Å². The fourth-order valence-corrected chi connectivity index (χ4v) is 3.65. The monoisotopic (exact) mass is 444 g/mol. The van der Waals surface area contributed by atoms with Crippen LogP contribution in [0.3, 0.4) is 0 Å². The van der Waals surface area contributed by atoms with Crippen LogP contribution in [0.25, 0.3) is 34.4 Å². The van der Waals surface area contributed by atoms with Gasteiger partial charge in [-0.15, -0.1) is 0 Å². The molecule has 34 heavy (non-hydrogen) atoms. The summed E-state index contributed by atoms with van der Waals surface area (Å²) < 4.78 is 11.4. The number of hydrogen-bond donors (Lipinski definition) is 2. The molecule has 0 radical (unpaired) electrons. The fourth-order valence-electron chi connectivity index (χ4n) is 3.65. The van der Waals surface area contributed by atoms with E-state index in [-0.39, 0.29) is 0 Å². The first-order chi connectivity index (χ1) is 16.8. The number of benzene rings is 4. The van der Waals surface area contributed by atoms with Crippen LogP contribution < -0.4 is 10.6 Å². The molecule has 6 rings (SSSR count). The van der Waals surface area contributed by atoms with Crippen molar-refractivity contribution in [3.63, 3.8) is 0 Å². The first-order valence-electron chi connectivity index (χ1n) is 10.9. The van der Waals surface area contributed by atoms with E-state index in [1.807, 2.05) is 97.1 Å². The Morgan fingerprint density at radius 3 is 1.32 bits per heavy atom. The molecule has 2 heterocycles. The van der Waals surface area contributed by atoms with E-state index in [0.717, 1.165) is 44.7 Å². The molecule has 0 spiro atoms. The Bertz CT molecular complexity index is 1410. The smallest absolute Gasteiger partial charge is 0.300 e. The molecule has 0 unspecified atom stereocenters. The number of para-hydroxylation sites is 4. The van der Waals surface area contributed by atoms with Gasteiger partial charge in [0.2, 0.25) is 0 Å². The average Bonchev–Trinajstić information content (AvgIpc) is 3.47. The summed E-state index contributed by atoms with van der Waals surface area (Å²) in [5.41, 5.74) is 7.21. The van der Waals surface area contributed by atoms with E-state index >= 15 is 0 Å². The first kappa shape index (κ1) is 19.8. The summed E-state index contributed by atoms with van der Waals surface area (Å²) in [6, 6.07) is 32.6. The molecule has 0 aliphatic rings. The quantitative estimate of drug-likeness (QED) is 0.257. The van der Waals surface area contributed by atoms with Crippen molar-refractivity contribution in [2.45, 2.75) is 0 Å². The lowest BCUT2D eigenvalue weighted by Gasteiger charge is -2.03. The van der Waals surface area contributed by atoms with Gasteiger partial charge in [-0.05, 0) is 59.7 Å². The zero-order chi connectivity index (χ0) is 22.7. The molecule has 0 aliphatic heterocycles. The van der Waals surface area contributed by atoms with Crippen LogP contribution in [0.5, 0.6) is 0 Å². The van der Waals surface area contributed by atoms with E-state index in [0.29, 0.717) is 12.0 Å². The molecule has 2 aromatic heterocycles. The number of oxazole rings is 2. The van der Waals surface area contributed by atoms with Crippen LogP contribution >= 0.6 is 0 Å². The normalized spacial score (nSPS) is 11.4. The summed E-state index contributed by atoms with van der Waals surface area (Å²) in [6.07, 6.45) is 4.15. The molecule has 0 saturated heterocycles. The molecule has 0 bridgehead atoms. The van der Waals surface area contributed by atoms with E-state index in [1.54, 1.807) is 0 Å². The maximum absolute atomic E-state index is 5.72. The second-order valence-electron chi connectivity index (χ2n) is 7.80. The first-order valence-corrected chi connectivity index (χ1v) is 10.9. The number of rotatable bonds is 6. The molecule has 6 aromatic rings. The topological polar surface area (TPSA) is 76.1 Å². The van der Waals surface area contributed by atoms with Crippen LogP contribution in [0.4, 0.5) is 23.4 Å². The number of fused-ring (bicyclic) bond motifs is 2. The van der Waals surface area contributed by atoms with Gasteiger partial charge in [-0.25, -0.2) is 0 Å². The Morgan fingerprint density at radius 1 is 0.500 bits per heavy atom. The largest absolute Gasteiger partial charge is 0.423 e. The molecular weight excluding hydrogens is 424 g/mol. The molecule has 0 aliphatic carbocycles. The van der Waals surface area contributed by atoms with E-state index in [2.05, 4.69) is 32.8 Å². The molecular formula is C28H20N4O2. The van der Waals surface area contributed by atoms with Crippen molar-refractivity contribution in [2.75, 3.05) is 10.6 Å². The number of aromatic nitrogens is 2. The van der Waals surface area contributed by atoms with Gasteiger partial charge in [0.15, 0.2) is 11.2 Å². The van der Waals surface area contributed by atoms with Crippen LogP contribution in [-0.4, -0.2) is 9.97 Å². The Kier molecular flexibility index (Phi) is 5.01. The Balaban J connectivity index is 1.09. The fraction of sp³-hybridized carbons (Fsp3) is 0.